The van der Waals surface area contributed by atoms with Gasteiger partial charge < -0.3 is 4.84 Å². The highest BCUT2D eigenvalue weighted by molar-refractivity contribution is 9.10. The van der Waals surface area contributed by atoms with Gasteiger partial charge in [0.25, 0.3) is 0 Å². The van der Waals surface area contributed by atoms with Crippen molar-refractivity contribution >= 4 is 27.5 Å². The van der Waals surface area contributed by atoms with Crippen molar-refractivity contribution in [3.63, 3.8) is 0 Å². The molecule has 5 heteroatoms. The molecule has 0 atom stereocenters. The van der Waals surface area contributed by atoms with Crippen LogP contribution in [0.25, 0.3) is 0 Å². The van der Waals surface area contributed by atoms with Gasteiger partial charge in [0.05, 0.1) is 16.1 Å². The third-order valence-electron chi connectivity index (χ3n) is 1.55. The van der Waals surface area contributed by atoms with Gasteiger partial charge in [-0.1, -0.05) is 11.6 Å². The van der Waals surface area contributed by atoms with Gasteiger partial charge in [0.15, 0.2) is 0 Å². The van der Waals surface area contributed by atoms with Crippen molar-refractivity contribution in [1.29, 1.82) is 0 Å². The highest BCUT2D eigenvalue weighted by atomic mass is 79.9. The van der Waals surface area contributed by atoms with Gasteiger partial charge in [-0.3, -0.25) is 0 Å². The van der Waals surface area contributed by atoms with Gasteiger partial charge in [-0.2, -0.15) is 0 Å². The summed E-state index contributed by atoms with van der Waals surface area (Å²) < 4.78 is 13.3. The van der Waals surface area contributed by atoms with Gasteiger partial charge in [0.2, 0.25) is 0 Å². The molecule has 13 heavy (non-hydrogen) atoms. The minimum absolute atomic E-state index is 0.284. The zero-order valence-electron chi connectivity index (χ0n) is 6.69. The van der Waals surface area contributed by atoms with E-state index in [1.54, 1.807) is 6.07 Å². The van der Waals surface area contributed by atoms with E-state index in [0.717, 1.165) is 5.56 Å². The molecule has 0 aliphatic heterocycles. The van der Waals surface area contributed by atoms with Crippen LogP contribution in [0.5, 0.6) is 0 Å². The first kappa shape index (κ1) is 10.9. The predicted molar refractivity (Wildman–Crippen MR) is 53.0 cm³/mol. The molecule has 72 valence electrons. The fourth-order valence-electron chi connectivity index (χ4n) is 0.929. The van der Waals surface area contributed by atoms with Crippen LogP contribution in [0, 0.1) is 5.82 Å². The molecule has 0 amide bonds. The second-order valence-electron chi connectivity index (χ2n) is 2.49. The zero-order valence-corrected chi connectivity index (χ0v) is 9.03. The van der Waals surface area contributed by atoms with E-state index in [9.17, 15) is 4.39 Å². The molecule has 1 rings (SSSR count). The van der Waals surface area contributed by atoms with Crippen molar-refractivity contribution in [2.45, 2.75) is 6.42 Å². The van der Waals surface area contributed by atoms with Gasteiger partial charge in [-0.05, 0) is 40.0 Å². The van der Waals surface area contributed by atoms with Gasteiger partial charge in [-0.15, -0.1) is 0 Å². The maximum absolute atomic E-state index is 13.1. The van der Waals surface area contributed by atoms with Crippen LogP contribution in [-0.4, -0.2) is 6.61 Å². The summed E-state index contributed by atoms with van der Waals surface area (Å²) >= 11 is 8.76. The zero-order chi connectivity index (χ0) is 9.84. The monoisotopic (exact) mass is 267 g/mol. The topological polar surface area (TPSA) is 35.2 Å². The Kier molecular flexibility index (Phi) is 4.12. The fraction of sp³-hybridized carbons (Fsp3) is 0.250. The largest absolute Gasteiger partial charge is 0.304 e. The first-order chi connectivity index (χ1) is 6.15. The summed E-state index contributed by atoms with van der Waals surface area (Å²) in [7, 11) is 0. The molecule has 0 aromatic heterocycles. The van der Waals surface area contributed by atoms with Crippen molar-refractivity contribution in [3.8, 4) is 0 Å². The third kappa shape index (κ3) is 2.91. The van der Waals surface area contributed by atoms with E-state index in [0.29, 0.717) is 18.1 Å². The van der Waals surface area contributed by atoms with Crippen LogP contribution in [0.15, 0.2) is 16.6 Å². The van der Waals surface area contributed by atoms with E-state index >= 15 is 0 Å². The van der Waals surface area contributed by atoms with Crippen molar-refractivity contribution in [3.05, 3.63) is 33.0 Å². The highest BCUT2D eigenvalue weighted by Gasteiger charge is 2.06. The SMILES string of the molecule is NOCCc1cc(F)c(Br)c(Cl)c1. The number of rotatable bonds is 3. The van der Waals surface area contributed by atoms with E-state index in [2.05, 4.69) is 20.8 Å². The minimum Gasteiger partial charge on any atom is -0.304 e. The molecule has 0 radical (unpaired) electrons. The number of halogens is 3. The molecular weight excluding hydrogens is 260 g/mol. The Morgan fingerprint density at radius 1 is 1.54 bits per heavy atom. The summed E-state index contributed by atoms with van der Waals surface area (Å²) in [5, 5.41) is 0.354. The molecule has 2 nitrogen and oxygen atoms in total. The minimum atomic E-state index is -0.375. The Morgan fingerprint density at radius 3 is 2.77 bits per heavy atom. The molecular formula is C8H8BrClFNO. The summed E-state index contributed by atoms with van der Waals surface area (Å²) in [6.45, 7) is 0.345. The van der Waals surface area contributed by atoms with E-state index < -0.39 is 0 Å². The third-order valence-corrected chi connectivity index (χ3v) is 2.88. The van der Waals surface area contributed by atoms with Crippen LogP contribution in [-0.2, 0) is 11.3 Å². The first-order valence-corrected chi connectivity index (χ1v) is 4.77. The van der Waals surface area contributed by atoms with Crippen LogP contribution in [0.4, 0.5) is 4.39 Å². The lowest BCUT2D eigenvalue weighted by Crippen LogP contribution is -2.04. The number of nitrogens with two attached hydrogens (primary N) is 1. The van der Waals surface area contributed by atoms with Gasteiger partial charge in [0.1, 0.15) is 5.82 Å². The molecule has 0 heterocycles. The Hall–Kier alpha value is -0.160. The summed E-state index contributed by atoms with van der Waals surface area (Å²) in [5.74, 6) is 4.47. The number of hydrogen-bond acceptors (Lipinski definition) is 2. The van der Waals surface area contributed by atoms with Crippen LogP contribution in [0.2, 0.25) is 5.02 Å². The van der Waals surface area contributed by atoms with Crippen molar-refractivity contribution < 1.29 is 9.23 Å². The highest BCUT2D eigenvalue weighted by Crippen LogP contribution is 2.26. The summed E-state index contributed by atoms with van der Waals surface area (Å²) in [6.07, 6.45) is 0.542. The van der Waals surface area contributed by atoms with E-state index in [4.69, 9.17) is 17.5 Å². The molecule has 1 aromatic rings. The normalized spacial score (nSPS) is 10.5. The number of benzene rings is 1. The van der Waals surface area contributed by atoms with Crippen molar-refractivity contribution in [1.82, 2.24) is 0 Å². The van der Waals surface area contributed by atoms with Crippen LogP contribution in [0.1, 0.15) is 5.56 Å². The smallest absolute Gasteiger partial charge is 0.139 e. The van der Waals surface area contributed by atoms with Crippen LogP contribution in [0.3, 0.4) is 0 Å². The van der Waals surface area contributed by atoms with Gasteiger partial charge in [0, 0.05) is 0 Å². The van der Waals surface area contributed by atoms with Crippen molar-refractivity contribution in [2.75, 3.05) is 6.61 Å². The second kappa shape index (κ2) is 4.91. The van der Waals surface area contributed by atoms with E-state index in [1.165, 1.54) is 6.07 Å². The lowest BCUT2D eigenvalue weighted by atomic mass is 10.1. The molecule has 0 unspecified atom stereocenters. The molecule has 2 N–H and O–H groups in total. The van der Waals surface area contributed by atoms with E-state index in [1.807, 2.05) is 0 Å². The lowest BCUT2D eigenvalue weighted by Gasteiger charge is -2.03. The average Bonchev–Trinajstić information content (AvgIpc) is 2.10. The molecule has 0 aliphatic carbocycles. The molecule has 0 spiro atoms. The first-order valence-electron chi connectivity index (χ1n) is 3.60. The maximum atomic E-state index is 13.1. The molecule has 0 bridgehead atoms. The predicted octanol–water partition coefficient (Wildman–Crippen LogP) is 2.67. The van der Waals surface area contributed by atoms with Gasteiger partial charge >= 0.3 is 0 Å². The summed E-state index contributed by atoms with van der Waals surface area (Å²) in [4.78, 5) is 4.38. The molecule has 0 aliphatic rings. The molecule has 0 saturated carbocycles. The fourth-order valence-corrected chi connectivity index (χ4v) is 1.39. The maximum Gasteiger partial charge on any atom is 0.139 e. The quantitative estimate of drug-likeness (QED) is 0.676. The summed E-state index contributed by atoms with van der Waals surface area (Å²) in [5.41, 5.74) is 0.760. The van der Waals surface area contributed by atoms with Crippen LogP contribution >= 0.6 is 27.5 Å². The lowest BCUT2D eigenvalue weighted by molar-refractivity contribution is 0.141. The van der Waals surface area contributed by atoms with Crippen molar-refractivity contribution in [2.24, 2.45) is 5.90 Å². The average molecular weight is 269 g/mol. The molecule has 0 fully saturated rings. The second-order valence-corrected chi connectivity index (χ2v) is 3.69. The van der Waals surface area contributed by atoms with Gasteiger partial charge in [-0.25, -0.2) is 10.3 Å². The Morgan fingerprint density at radius 2 is 2.23 bits per heavy atom. The summed E-state index contributed by atoms with van der Waals surface area (Å²) in [6, 6.07) is 3.07. The van der Waals surface area contributed by atoms with Crippen LogP contribution < -0.4 is 5.90 Å². The Labute approximate surface area is 88.9 Å². The van der Waals surface area contributed by atoms with E-state index in [-0.39, 0.29) is 10.3 Å². The molecule has 0 saturated heterocycles. The Bertz CT molecular complexity index is 285. The standard InChI is InChI=1S/C8H8BrClFNO/c9-8-6(10)3-5(1-2-13-12)4-7(8)11/h3-4H,1-2,12H2. The number of hydrogen-bond donors (Lipinski definition) is 1. The Balaban J connectivity index is 2.86. The molecule has 1 aromatic carbocycles.